The van der Waals surface area contributed by atoms with Crippen LogP contribution >= 0.6 is 0 Å². The second-order valence-electron chi connectivity index (χ2n) is 19.6. The first kappa shape index (κ1) is 41.4. The largest absolute Gasteiger partial charge is 0.344 e. The fourth-order valence-corrected chi connectivity index (χ4v) is 11.3. The number of carbonyl (C=O) groups excluding carboxylic acids is 5. The molecule has 53 heavy (non-hydrogen) atoms. The molecule has 0 aromatic heterocycles. The highest BCUT2D eigenvalue weighted by Crippen LogP contribution is 2.88. The lowest BCUT2D eigenvalue weighted by atomic mass is 9.73. The van der Waals surface area contributed by atoms with Crippen molar-refractivity contribution in [2.45, 2.75) is 156 Å². The van der Waals surface area contributed by atoms with Crippen molar-refractivity contribution in [2.24, 2.45) is 33.0 Å². The Morgan fingerprint density at radius 3 is 1.92 bits per heavy atom. The number of fused-ring (bicyclic) bond motifs is 1. The minimum atomic E-state index is -3.82. The van der Waals surface area contributed by atoms with Gasteiger partial charge in [-0.15, -0.1) is 0 Å². The van der Waals surface area contributed by atoms with Gasteiger partial charge in [0.25, 0.3) is 5.91 Å². The summed E-state index contributed by atoms with van der Waals surface area (Å²) in [6, 6.07) is -3.94. The number of amides is 5. The third-order valence-corrected chi connectivity index (χ3v) is 15.5. The maximum Gasteiger partial charge on any atom is 0.256 e. The van der Waals surface area contributed by atoms with Crippen LogP contribution in [0, 0.1) is 33.0 Å². The van der Waals surface area contributed by atoms with Gasteiger partial charge in [0, 0.05) is 18.5 Å². The summed E-state index contributed by atoms with van der Waals surface area (Å²) in [5.74, 6) is -2.53. The predicted octanol–water partition coefficient (Wildman–Crippen LogP) is 3.08. The number of piperidine rings is 1. The van der Waals surface area contributed by atoms with Crippen LogP contribution in [0.5, 0.6) is 0 Å². The van der Waals surface area contributed by atoms with Crippen LogP contribution < -0.4 is 20.7 Å². The van der Waals surface area contributed by atoms with E-state index in [4.69, 9.17) is 0 Å². The Hall–Kier alpha value is -2.74. The molecule has 0 unspecified atom stereocenters. The molecule has 6 atom stereocenters. The van der Waals surface area contributed by atoms with E-state index in [1.807, 2.05) is 55.5 Å². The van der Waals surface area contributed by atoms with Gasteiger partial charge in [-0.2, -0.15) is 0 Å². The van der Waals surface area contributed by atoms with Gasteiger partial charge in [0.15, 0.2) is 0 Å². The lowest BCUT2D eigenvalue weighted by Crippen LogP contribution is -2.63. The molecule has 0 aromatic rings. The maximum atomic E-state index is 15.0. The number of hydrogen-bond donors (Lipinski definition) is 4. The summed E-state index contributed by atoms with van der Waals surface area (Å²) < 4.78 is 27.5. The summed E-state index contributed by atoms with van der Waals surface area (Å²) in [4.78, 5) is 74.1. The van der Waals surface area contributed by atoms with Crippen LogP contribution in [-0.2, 0) is 34.0 Å². The van der Waals surface area contributed by atoms with Crippen LogP contribution in [0.1, 0.15) is 127 Å². The van der Waals surface area contributed by atoms with E-state index in [0.717, 1.165) is 38.6 Å². The van der Waals surface area contributed by atoms with Gasteiger partial charge >= 0.3 is 0 Å². The van der Waals surface area contributed by atoms with Gasteiger partial charge in [0.2, 0.25) is 33.7 Å². The summed E-state index contributed by atoms with van der Waals surface area (Å²) >= 11 is 0. The molecule has 5 aliphatic rings. The van der Waals surface area contributed by atoms with Crippen molar-refractivity contribution >= 4 is 39.6 Å². The Morgan fingerprint density at radius 1 is 0.811 bits per heavy atom. The predicted molar refractivity (Wildman–Crippen MR) is 203 cm³/mol. The normalized spacial score (nSPS) is 28.4. The average molecular weight is 763 g/mol. The van der Waals surface area contributed by atoms with Gasteiger partial charge in [-0.25, -0.2) is 8.42 Å². The fourth-order valence-electron chi connectivity index (χ4n) is 9.92. The molecule has 2 heterocycles. The molecule has 5 fully saturated rings. The topological polar surface area (TPSA) is 174 Å². The van der Waals surface area contributed by atoms with E-state index in [-0.39, 0.29) is 40.4 Å². The van der Waals surface area contributed by atoms with Gasteiger partial charge in [-0.3, -0.25) is 28.7 Å². The number of hydrogen-bond acceptors (Lipinski definition) is 8. The van der Waals surface area contributed by atoms with E-state index in [0.29, 0.717) is 38.8 Å². The molecule has 300 valence electrons. The number of sulfonamides is 1. The van der Waals surface area contributed by atoms with Gasteiger partial charge in [0.1, 0.15) is 24.2 Å². The maximum absolute atomic E-state index is 15.0. The molecule has 14 heteroatoms. The molecule has 2 spiro atoms. The van der Waals surface area contributed by atoms with Crippen molar-refractivity contribution in [1.29, 1.82) is 0 Å². The highest BCUT2D eigenvalue weighted by atomic mass is 32.2. The zero-order valence-corrected chi connectivity index (χ0v) is 34.6. The number of carbonyl (C=O) groups is 5. The van der Waals surface area contributed by atoms with Gasteiger partial charge in [0.05, 0.1) is 11.2 Å². The lowest BCUT2D eigenvalue weighted by Gasteiger charge is -2.39. The Bertz CT molecular complexity index is 1570. The van der Waals surface area contributed by atoms with Crippen LogP contribution in [0.25, 0.3) is 0 Å². The third kappa shape index (κ3) is 7.74. The fraction of sp³-hybridized carbons (Fsp3) is 0.872. The van der Waals surface area contributed by atoms with E-state index in [1.54, 1.807) is 4.90 Å². The van der Waals surface area contributed by atoms with Gasteiger partial charge in [-0.1, -0.05) is 75.2 Å². The summed E-state index contributed by atoms with van der Waals surface area (Å²) in [6.45, 7) is 19.4. The molecule has 2 aliphatic heterocycles. The van der Waals surface area contributed by atoms with Crippen LogP contribution in [0.2, 0.25) is 0 Å². The molecule has 2 saturated heterocycles. The van der Waals surface area contributed by atoms with Crippen molar-refractivity contribution < 1.29 is 32.4 Å². The van der Waals surface area contributed by atoms with E-state index < -0.39 is 68.0 Å². The van der Waals surface area contributed by atoms with Crippen LogP contribution in [0.4, 0.5) is 0 Å². The average Bonchev–Trinajstić information content (AvgIpc) is 3.89. The smallest absolute Gasteiger partial charge is 0.256 e. The zero-order chi connectivity index (χ0) is 39.5. The van der Waals surface area contributed by atoms with Crippen molar-refractivity contribution in [3.63, 3.8) is 0 Å². The Morgan fingerprint density at radius 2 is 1.43 bits per heavy atom. The van der Waals surface area contributed by atoms with E-state index in [9.17, 15) is 32.4 Å². The second kappa shape index (κ2) is 14.4. The molecular formula is C39H66N6O7S. The minimum Gasteiger partial charge on any atom is -0.344 e. The first-order chi connectivity index (χ1) is 24.4. The molecule has 5 amide bonds. The minimum absolute atomic E-state index is 0.00136. The molecule has 5 rings (SSSR count). The Balaban J connectivity index is 1.40. The Kier molecular flexibility index (Phi) is 11.3. The van der Waals surface area contributed by atoms with Gasteiger partial charge in [-0.05, 0) is 86.6 Å². The van der Waals surface area contributed by atoms with E-state index >= 15 is 0 Å². The second-order valence-corrected chi connectivity index (χ2v) is 21.6. The number of rotatable bonds is 12. The van der Waals surface area contributed by atoms with Crippen LogP contribution in [0.3, 0.4) is 0 Å². The summed E-state index contributed by atoms with van der Waals surface area (Å²) in [6.07, 6.45) is 6.92. The summed E-state index contributed by atoms with van der Waals surface area (Å²) in [7, 11) is -1.84. The van der Waals surface area contributed by atoms with Crippen molar-refractivity contribution in [1.82, 2.24) is 30.5 Å². The van der Waals surface area contributed by atoms with Crippen molar-refractivity contribution in [3.8, 4) is 0 Å². The number of nitrogens with one attached hydrogen (secondary N) is 4. The van der Waals surface area contributed by atoms with E-state index in [1.165, 1.54) is 0 Å². The van der Waals surface area contributed by atoms with Crippen molar-refractivity contribution in [2.75, 3.05) is 26.7 Å². The molecule has 13 nitrogen and oxygen atoms in total. The summed E-state index contributed by atoms with van der Waals surface area (Å²) in [5, 5.41) is 8.32. The number of likely N-dealkylation sites (tertiary alicyclic amines) is 2. The molecule has 3 aliphatic carbocycles. The monoisotopic (exact) mass is 762 g/mol. The summed E-state index contributed by atoms with van der Waals surface area (Å²) in [5.41, 5.74) is -1.87. The highest BCUT2D eigenvalue weighted by molar-refractivity contribution is 7.90. The zero-order valence-electron chi connectivity index (χ0n) is 33.8. The van der Waals surface area contributed by atoms with Crippen LogP contribution in [0.15, 0.2) is 0 Å². The van der Waals surface area contributed by atoms with Gasteiger partial charge < -0.3 is 25.8 Å². The number of nitrogens with zero attached hydrogens (tertiary/aromatic N) is 2. The quantitative estimate of drug-likeness (QED) is 0.235. The van der Waals surface area contributed by atoms with E-state index in [2.05, 4.69) is 39.4 Å². The lowest BCUT2D eigenvalue weighted by molar-refractivity contribution is -0.145. The van der Waals surface area contributed by atoms with Crippen LogP contribution in [-0.4, -0.2) is 104 Å². The first-order valence-corrected chi connectivity index (χ1v) is 21.4. The third-order valence-electron chi connectivity index (χ3n) is 13.6. The molecule has 4 N–H and O–H groups in total. The standard InChI is InChI=1S/C39H66N6O7S/c1-11-14-26(31(47)43-53(51,52)25-16-17-25)40-32(48)27-21-39(37(8,9)38(39)18-13-19-38)23-45(27)34(50)29(36(5,6)7)42-33(49)28(35(2,3)4)41-30(46)24-15-12-20-44(10)22-24/h24-29H,11-23H2,1-10H3,(H,40,48)(H,41,46)(H,42,49)(H,43,47)/t24-,26+,27+,28-,29-,39-/m1/s1. The molecule has 0 bridgehead atoms. The highest BCUT2D eigenvalue weighted by Gasteiger charge is 2.85. The Labute approximate surface area is 317 Å². The first-order valence-electron chi connectivity index (χ1n) is 19.9. The molecule has 3 saturated carbocycles. The molecule has 0 radical (unpaired) electrons. The molecule has 0 aromatic carbocycles. The SMILES string of the molecule is CCC[C@H](NC(=O)[C@@H]1C[C@@]2(CN1C(=O)[C@@H](NC(=O)[C@@H](NC(=O)[C@@H]1CCCN(C)C1)C(C)(C)C)C(C)(C)C)C(C)(C)C21CCC1)C(=O)NS(=O)(=O)C1CC1. The van der Waals surface area contributed by atoms with Crippen molar-refractivity contribution in [3.05, 3.63) is 0 Å². The molecular weight excluding hydrogens is 697 g/mol.